The molecule has 0 aliphatic carbocycles. The molecule has 1 aromatic carbocycles. The maximum atomic E-state index is 12.8. The lowest BCUT2D eigenvalue weighted by Crippen LogP contribution is -2.11. The molecule has 0 N–H and O–H groups in total. The maximum absolute atomic E-state index is 12.8. The van der Waals surface area contributed by atoms with E-state index in [0.29, 0.717) is 12.5 Å². The number of esters is 1. The van der Waals surface area contributed by atoms with Gasteiger partial charge in [0.15, 0.2) is 0 Å². The fourth-order valence-corrected chi connectivity index (χ4v) is 1.83. The maximum Gasteiger partial charge on any atom is 0.338 e. The molecule has 0 radical (unpaired) electrons. The van der Waals surface area contributed by atoms with Gasteiger partial charge in [0.2, 0.25) is 11.2 Å². The summed E-state index contributed by atoms with van der Waals surface area (Å²) in [7, 11) is 0. The van der Waals surface area contributed by atoms with E-state index >= 15 is 0 Å². The van der Waals surface area contributed by atoms with Crippen LogP contribution in [-0.4, -0.2) is 12.6 Å². The van der Waals surface area contributed by atoms with Crippen molar-refractivity contribution in [1.29, 1.82) is 0 Å². The number of hydrogen-bond acceptors (Lipinski definition) is 5. The lowest BCUT2D eigenvalue weighted by molar-refractivity contribution is 0.0442. The molecule has 0 atom stereocenters. The minimum atomic E-state index is -0.630. The van der Waals surface area contributed by atoms with Gasteiger partial charge in [-0.05, 0) is 36.6 Å². The second-order valence-corrected chi connectivity index (χ2v) is 5.69. The van der Waals surface area contributed by atoms with E-state index in [0.717, 1.165) is 6.42 Å². The molecule has 0 spiro atoms. The van der Waals surface area contributed by atoms with E-state index in [1.54, 1.807) is 0 Å². The molecule has 1 aromatic heterocycles. The molecule has 0 saturated heterocycles. The summed E-state index contributed by atoms with van der Waals surface area (Å²) >= 11 is 0. The summed E-state index contributed by atoms with van der Waals surface area (Å²) in [6.45, 7) is 4.36. The highest BCUT2D eigenvalue weighted by Gasteiger charge is 2.10. The molecule has 0 fully saturated rings. The molecular formula is C18H19FO5. The van der Waals surface area contributed by atoms with Crippen molar-refractivity contribution >= 4 is 5.97 Å². The first-order chi connectivity index (χ1) is 11.5. The lowest BCUT2D eigenvalue weighted by Gasteiger charge is -2.08. The zero-order valence-electron chi connectivity index (χ0n) is 13.6. The third-order valence-corrected chi connectivity index (χ3v) is 3.23. The monoisotopic (exact) mass is 334 g/mol. The zero-order chi connectivity index (χ0) is 17.5. The number of carbonyl (C=O) groups excluding carboxylic acids is 1. The SMILES string of the molecule is CC(C)CCOc1coc(COC(=O)c2ccc(F)cc2)cc1=O. The predicted molar refractivity (Wildman–Crippen MR) is 85.4 cm³/mol. The highest BCUT2D eigenvalue weighted by Crippen LogP contribution is 2.10. The van der Waals surface area contributed by atoms with Gasteiger partial charge in [0, 0.05) is 6.07 Å². The Morgan fingerprint density at radius 3 is 2.58 bits per heavy atom. The fourth-order valence-electron chi connectivity index (χ4n) is 1.83. The van der Waals surface area contributed by atoms with E-state index in [-0.39, 0.29) is 29.1 Å². The Morgan fingerprint density at radius 1 is 1.25 bits per heavy atom. The molecule has 0 aliphatic heterocycles. The van der Waals surface area contributed by atoms with Gasteiger partial charge in [0.05, 0.1) is 12.2 Å². The van der Waals surface area contributed by atoms with Crippen LogP contribution in [0.2, 0.25) is 0 Å². The number of ether oxygens (including phenoxy) is 2. The molecule has 24 heavy (non-hydrogen) atoms. The van der Waals surface area contributed by atoms with Crippen LogP contribution in [0.1, 0.15) is 36.4 Å². The summed E-state index contributed by atoms with van der Waals surface area (Å²) in [6, 6.07) is 6.20. The molecule has 2 aromatic rings. The van der Waals surface area contributed by atoms with E-state index < -0.39 is 11.8 Å². The Hall–Kier alpha value is -2.63. The molecule has 2 rings (SSSR count). The van der Waals surface area contributed by atoms with E-state index in [9.17, 15) is 14.0 Å². The van der Waals surface area contributed by atoms with Crippen LogP contribution in [0.25, 0.3) is 0 Å². The molecule has 128 valence electrons. The fraction of sp³-hybridized carbons (Fsp3) is 0.333. The predicted octanol–water partition coefficient (Wildman–Crippen LogP) is 3.56. The van der Waals surface area contributed by atoms with Crippen LogP contribution in [-0.2, 0) is 11.3 Å². The molecule has 0 amide bonds. The highest BCUT2D eigenvalue weighted by atomic mass is 19.1. The van der Waals surface area contributed by atoms with E-state index in [2.05, 4.69) is 13.8 Å². The molecule has 0 saturated carbocycles. The van der Waals surface area contributed by atoms with E-state index in [1.807, 2.05) is 0 Å². The molecular weight excluding hydrogens is 315 g/mol. The van der Waals surface area contributed by atoms with Crippen molar-refractivity contribution in [3.8, 4) is 5.75 Å². The Bertz CT molecular complexity index is 734. The summed E-state index contributed by atoms with van der Waals surface area (Å²) in [4.78, 5) is 23.7. The van der Waals surface area contributed by atoms with Gasteiger partial charge in [-0.25, -0.2) is 9.18 Å². The van der Waals surface area contributed by atoms with Crippen molar-refractivity contribution in [2.24, 2.45) is 5.92 Å². The third-order valence-electron chi connectivity index (χ3n) is 3.23. The van der Waals surface area contributed by atoms with Crippen LogP contribution in [0.4, 0.5) is 4.39 Å². The number of carbonyl (C=O) groups is 1. The van der Waals surface area contributed by atoms with Crippen molar-refractivity contribution in [3.05, 3.63) is 64.0 Å². The number of benzene rings is 1. The minimum Gasteiger partial charge on any atom is -0.487 e. The summed E-state index contributed by atoms with van der Waals surface area (Å²) in [5, 5.41) is 0. The molecule has 0 bridgehead atoms. The smallest absolute Gasteiger partial charge is 0.338 e. The first kappa shape index (κ1) is 17.7. The second-order valence-electron chi connectivity index (χ2n) is 5.69. The van der Waals surface area contributed by atoms with Crippen molar-refractivity contribution in [3.63, 3.8) is 0 Å². The molecule has 0 aliphatic rings. The van der Waals surface area contributed by atoms with Gasteiger partial charge >= 0.3 is 5.97 Å². The van der Waals surface area contributed by atoms with Crippen molar-refractivity contribution in [2.45, 2.75) is 26.9 Å². The van der Waals surface area contributed by atoms with Gasteiger partial charge in [0.25, 0.3) is 0 Å². The number of hydrogen-bond donors (Lipinski definition) is 0. The van der Waals surface area contributed by atoms with Gasteiger partial charge in [-0.3, -0.25) is 4.79 Å². The average molecular weight is 334 g/mol. The summed E-state index contributed by atoms with van der Waals surface area (Å²) in [5.74, 6) is -0.265. The normalized spacial score (nSPS) is 10.7. The second kappa shape index (κ2) is 8.29. The largest absolute Gasteiger partial charge is 0.487 e. The number of rotatable bonds is 7. The third kappa shape index (κ3) is 5.22. The average Bonchev–Trinajstić information content (AvgIpc) is 2.55. The van der Waals surface area contributed by atoms with E-state index in [4.69, 9.17) is 13.9 Å². The zero-order valence-corrected chi connectivity index (χ0v) is 13.6. The van der Waals surface area contributed by atoms with Crippen LogP contribution >= 0.6 is 0 Å². The Balaban J connectivity index is 1.91. The lowest BCUT2D eigenvalue weighted by atomic mass is 10.1. The van der Waals surface area contributed by atoms with E-state index in [1.165, 1.54) is 36.6 Å². The molecule has 1 heterocycles. The summed E-state index contributed by atoms with van der Waals surface area (Å²) in [6.07, 6.45) is 2.04. The topological polar surface area (TPSA) is 65.7 Å². The standard InChI is InChI=1S/C18H19FO5/c1-12(2)7-8-22-17-11-23-15(9-16(17)20)10-24-18(21)13-3-5-14(19)6-4-13/h3-6,9,11-12H,7-8,10H2,1-2H3. The van der Waals surface area contributed by atoms with Gasteiger partial charge in [-0.2, -0.15) is 0 Å². The Morgan fingerprint density at radius 2 is 1.96 bits per heavy atom. The van der Waals surface area contributed by atoms with Crippen LogP contribution in [0.3, 0.4) is 0 Å². The van der Waals surface area contributed by atoms with Gasteiger partial charge in [0.1, 0.15) is 24.4 Å². The van der Waals surface area contributed by atoms with Crippen molar-refractivity contribution in [2.75, 3.05) is 6.61 Å². The Labute approximate surface area is 139 Å². The van der Waals surface area contributed by atoms with Crippen molar-refractivity contribution in [1.82, 2.24) is 0 Å². The van der Waals surface area contributed by atoms with Crippen LogP contribution < -0.4 is 10.2 Å². The van der Waals surface area contributed by atoms with Crippen LogP contribution in [0.5, 0.6) is 5.75 Å². The van der Waals surface area contributed by atoms with Crippen LogP contribution in [0.15, 0.2) is 45.8 Å². The minimum absolute atomic E-state index is 0.129. The quantitative estimate of drug-likeness (QED) is 0.724. The Kier molecular flexibility index (Phi) is 6.12. The molecule has 5 nitrogen and oxygen atoms in total. The first-order valence-corrected chi connectivity index (χ1v) is 7.63. The van der Waals surface area contributed by atoms with Crippen LogP contribution in [0, 0.1) is 11.7 Å². The van der Waals surface area contributed by atoms with Crippen molar-refractivity contribution < 1.29 is 23.1 Å². The van der Waals surface area contributed by atoms with Gasteiger partial charge < -0.3 is 13.9 Å². The molecule has 0 unspecified atom stereocenters. The highest BCUT2D eigenvalue weighted by molar-refractivity contribution is 5.89. The number of halogens is 1. The van der Waals surface area contributed by atoms with Gasteiger partial charge in [-0.15, -0.1) is 0 Å². The summed E-state index contributed by atoms with van der Waals surface area (Å²) < 4.78 is 28.4. The van der Waals surface area contributed by atoms with Gasteiger partial charge in [-0.1, -0.05) is 13.8 Å². The first-order valence-electron chi connectivity index (χ1n) is 7.63. The summed E-state index contributed by atoms with van der Waals surface area (Å²) in [5.41, 5.74) is -0.120. The molecule has 6 heteroatoms.